The van der Waals surface area contributed by atoms with Crippen molar-refractivity contribution in [3.05, 3.63) is 0 Å². The van der Waals surface area contributed by atoms with Crippen LogP contribution >= 0.6 is 0 Å². The Labute approximate surface area is 118 Å². The van der Waals surface area contributed by atoms with Gasteiger partial charge >= 0.3 is 0 Å². The van der Waals surface area contributed by atoms with Gasteiger partial charge in [0.1, 0.15) is 0 Å². The van der Waals surface area contributed by atoms with E-state index in [9.17, 15) is 4.79 Å². The average molecular weight is 266 g/mol. The molecule has 2 unspecified atom stereocenters. The molecule has 0 aromatic carbocycles. The van der Waals surface area contributed by atoms with Gasteiger partial charge in [-0.15, -0.1) is 0 Å². The molecule has 3 heteroatoms. The predicted molar refractivity (Wildman–Crippen MR) is 78.7 cm³/mol. The quantitative estimate of drug-likeness (QED) is 0.767. The number of rotatable bonds is 7. The van der Waals surface area contributed by atoms with Crippen LogP contribution in [0.15, 0.2) is 0 Å². The summed E-state index contributed by atoms with van der Waals surface area (Å²) >= 11 is 0. The average Bonchev–Trinajstić information content (AvgIpc) is 3.12. The summed E-state index contributed by atoms with van der Waals surface area (Å²) in [6.45, 7) is 9.57. The second-order valence-corrected chi connectivity index (χ2v) is 7.06. The van der Waals surface area contributed by atoms with Crippen molar-refractivity contribution >= 4 is 5.91 Å². The molecule has 110 valence electrons. The zero-order valence-corrected chi connectivity index (χ0v) is 13.0. The molecule has 1 N–H and O–H groups in total. The number of carbonyl (C=O) groups is 1. The fraction of sp³-hybridized carbons (Fsp3) is 0.938. The lowest BCUT2D eigenvalue weighted by molar-refractivity contribution is -0.133. The number of amides is 1. The summed E-state index contributed by atoms with van der Waals surface area (Å²) in [5, 5.41) is 3.58. The normalized spacial score (nSPS) is 31.5. The Morgan fingerprint density at radius 3 is 2.63 bits per heavy atom. The third-order valence-corrected chi connectivity index (χ3v) is 4.70. The molecule has 0 bridgehead atoms. The Kier molecular flexibility index (Phi) is 4.54. The van der Waals surface area contributed by atoms with Crippen molar-refractivity contribution in [2.75, 3.05) is 6.54 Å². The van der Waals surface area contributed by atoms with E-state index in [0.29, 0.717) is 11.8 Å². The highest BCUT2D eigenvalue weighted by molar-refractivity contribution is 5.88. The molecule has 0 spiro atoms. The molecule has 0 radical (unpaired) electrons. The van der Waals surface area contributed by atoms with E-state index in [1.54, 1.807) is 0 Å². The van der Waals surface area contributed by atoms with Gasteiger partial charge < -0.3 is 4.90 Å². The third kappa shape index (κ3) is 3.50. The van der Waals surface area contributed by atoms with Gasteiger partial charge in [0.2, 0.25) is 5.91 Å². The highest BCUT2D eigenvalue weighted by Gasteiger charge is 2.46. The van der Waals surface area contributed by atoms with Crippen molar-refractivity contribution in [3.63, 3.8) is 0 Å². The summed E-state index contributed by atoms with van der Waals surface area (Å²) in [6, 6.07) is 0. The minimum absolute atomic E-state index is 0.247. The molecule has 0 aromatic heterocycles. The Hall–Kier alpha value is -0.570. The van der Waals surface area contributed by atoms with E-state index < -0.39 is 0 Å². The number of carbonyl (C=O) groups excluding carboxylic acids is 1. The van der Waals surface area contributed by atoms with Gasteiger partial charge in [0.15, 0.2) is 0 Å². The SMILES string of the molecule is CCC1(C)NC(CC(C)C)N(CCCC2CC2)C1=O. The van der Waals surface area contributed by atoms with Crippen LogP contribution in [0.4, 0.5) is 0 Å². The molecule has 2 atom stereocenters. The smallest absolute Gasteiger partial charge is 0.243 e. The minimum Gasteiger partial charge on any atom is -0.326 e. The van der Waals surface area contributed by atoms with Crippen molar-refractivity contribution < 1.29 is 4.79 Å². The first-order valence-electron chi connectivity index (χ1n) is 8.05. The molecule has 2 rings (SSSR count). The lowest BCUT2D eigenvalue weighted by atomic mass is 9.99. The van der Waals surface area contributed by atoms with Crippen molar-refractivity contribution in [2.45, 2.75) is 77.9 Å². The van der Waals surface area contributed by atoms with E-state index in [1.165, 1.54) is 25.7 Å². The molecule has 0 aromatic rings. The number of nitrogens with zero attached hydrogens (tertiary/aromatic N) is 1. The van der Waals surface area contributed by atoms with E-state index in [4.69, 9.17) is 0 Å². The van der Waals surface area contributed by atoms with Gasteiger partial charge in [0.05, 0.1) is 11.7 Å². The first-order chi connectivity index (χ1) is 8.96. The van der Waals surface area contributed by atoms with Gasteiger partial charge in [-0.05, 0) is 44.4 Å². The van der Waals surface area contributed by atoms with Crippen molar-refractivity contribution in [1.29, 1.82) is 0 Å². The molecular formula is C16H30N2O. The second kappa shape index (κ2) is 5.82. The lowest BCUT2D eigenvalue weighted by Crippen LogP contribution is -2.44. The second-order valence-electron chi connectivity index (χ2n) is 7.06. The maximum absolute atomic E-state index is 12.6. The van der Waals surface area contributed by atoms with E-state index in [2.05, 4.69) is 37.9 Å². The number of hydrogen-bond donors (Lipinski definition) is 1. The summed E-state index contributed by atoms with van der Waals surface area (Å²) in [5.41, 5.74) is -0.334. The van der Waals surface area contributed by atoms with Crippen molar-refractivity contribution in [1.82, 2.24) is 10.2 Å². The molecular weight excluding hydrogens is 236 g/mol. The van der Waals surface area contributed by atoms with Gasteiger partial charge in [-0.25, -0.2) is 0 Å². The molecule has 1 aliphatic heterocycles. The van der Waals surface area contributed by atoms with Crippen molar-refractivity contribution in [3.8, 4) is 0 Å². The molecule has 1 saturated heterocycles. The largest absolute Gasteiger partial charge is 0.326 e. The maximum Gasteiger partial charge on any atom is 0.243 e. The third-order valence-electron chi connectivity index (χ3n) is 4.70. The van der Waals surface area contributed by atoms with Gasteiger partial charge in [-0.1, -0.05) is 33.6 Å². The Morgan fingerprint density at radius 1 is 1.42 bits per heavy atom. The van der Waals surface area contributed by atoms with Crippen LogP contribution in [0.3, 0.4) is 0 Å². The minimum atomic E-state index is -0.334. The van der Waals surface area contributed by atoms with Crippen molar-refractivity contribution in [2.24, 2.45) is 11.8 Å². The summed E-state index contributed by atoms with van der Waals surface area (Å²) in [4.78, 5) is 14.7. The molecule has 19 heavy (non-hydrogen) atoms. The van der Waals surface area contributed by atoms with E-state index in [0.717, 1.165) is 25.3 Å². The molecule has 2 fully saturated rings. The van der Waals surface area contributed by atoms with Crippen LogP contribution in [0.1, 0.15) is 66.2 Å². The van der Waals surface area contributed by atoms with Crippen LogP contribution in [0, 0.1) is 11.8 Å². The Balaban J connectivity index is 1.95. The lowest BCUT2D eigenvalue weighted by Gasteiger charge is -2.25. The summed E-state index contributed by atoms with van der Waals surface area (Å²) in [7, 11) is 0. The van der Waals surface area contributed by atoms with Gasteiger partial charge in [0, 0.05) is 6.54 Å². The standard InChI is InChI=1S/C16H30N2O/c1-5-16(4)15(19)18(10-6-7-13-8-9-13)14(17-16)11-12(2)3/h12-14,17H,5-11H2,1-4H3. The van der Waals surface area contributed by atoms with Crippen LogP contribution in [0.5, 0.6) is 0 Å². The number of nitrogens with one attached hydrogen (secondary N) is 1. The van der Waals surface area contributed by atoms with Crippen LogP contribution in [0.2, 0.25) is 0 Å². The van der Waals surface area contributed by atoms with Gasteiger partial charge in [-0.2, -0.15) is 0 Å². The molecule has 3 nitrogen and oxygen atoms in total. The predicted octanol–water partition coefficient (Wildman–Crippen LogP) is 3.15. The Bertz CT molecular complexity index is 325. The first-order valence-corrected chi connectivity index (χ1v) is 8.05. The summed E-state index contributed by atoms with van der Waals surface area (Å²) in [6.07, 6.45) is 7.48. The Morgan fingerprint density at radius 2 is 2.11 bits per heavy atom. The van der Waals surface area contributed by atoms with Crippen LogP contribution in [-0.2, 0) is 4.79 Å². The van der Waals surface area contributed by atoms with Gasteiger partial charge in [-0.3, -0.25) is 10.1 Å². The number of hydrogen-bond acceptors (Lipinski definition) is 2. The highest BCUT2D eigenvalue weighted by Crippen LogP contribution is 2.34. The van der Waals surface area contributed by atoms with E-state index in [1.807, 2.05) is 0 Å². The molecule has 1 amide bonds. The van der Waals surface area contributed by atoms with Gasteiger partial charge in [0.25, 0.3) is 0 Å². The van der Waals surface area contributed by atoms with Crippen LogP contribution in [0.25, 0.3) is 0 Å². The zero-order chi connectivity index (χ0) is 14.0. The fourth-order valence-electron chi connectivity index (χ4n) is 3.07. The highest BCUT2D eigenvalue weighted by atomic mass is 16.2. The van der Waals surface area contributed by atoms with E-state index >= 15 is 0 Å². The fourth-order valence-corrected chi connectivity index (χ4v) is 3.07. The van der Waals surface area contributed by atoms with Crippen LogP contribution < -0.4 is 5.32 Å². The summed E-state index contributed by atoms with van der Waals surface area (Å²) in [5.74, 6) is 1.90. The summed E-state index contributed by atoms with van der Waals surface area (Å²) < 4.78 is 0. The molecule has 1 saturated carbocycles. The first kappa shape index (κ1) is 14.8. The monoisotopic (exact) mass is 266 g/mol. The topological polar surface area (TPSA) is 32.3 Å². The molecule has 1 heterocycles. The zero-order valence-electron chi connectivity index (χ0n) is 13.0. The van der Waals surface area contributed by atoms with E-state index in [-0.39, 0.29) is 11.7 Å². The molecule has 1 aliphatic carbocycles. The maximum atomic E-state index is 12.6. The molecule has 2 aliphatic rings. The van der Waals surface area contributed by atoms with Crippen LogP contribution in [-0.4, -0.2) is 29.1 Å².